The first-order valence-corrected chi connectivity index (χ1v) is 8.89. The molecule has 27 heavy (non-hydrogen) atoms. The third kappa shape index (κ3) is 6.12. The molecule has 0 radical (unpaired) electrons. The van der Waals surface area contributed by atoms with Gasteiger partial charge >= 0.3 is 6.18 Å². The Morgan fingerprint density at radius 1 is 1.15 bits per heavy atom. The number of nitrogens with zero attached hydrogens (tertiary/aromatic N) is 1. The van der Waals surface area contributed by atoms with Crippen LogP contribution in [0.1, 0.15) is 26.7 Å². The number of alkyl halides is 3. The van der Waals surface area contributed by atoms with Crippen LogP contribution in [-0.2, 0) is 0 Å². The first-order valence-electron chi connectivity index (χ1n) is 8.89. The number of hydrogen-bond donors (Lipinski definition) is 2. The van der Waals surface area contributed by atoms with Crippen LogP contribution in [0.3, 0.4) is 0 Å². The highest BCUT2D eigenvalue weighted by Gasteiger charge is 2.45. The first-order chi connectivity index (χ1) is 12.8. The molecule has 0 amide bonds. The van der Waals surface area contributed by atoms with Gasteiger partial charge in [-0.2, -0.15) is 13.2 Å². The Morgan fingerprint density at radius 3 is 2.22 bits per heavy atom. The number of rotatable bonds is 2. The highest BCUT2D eigenvalue weighted by atomic mass is 19.4. The number of benzene rings is 1. The molecule has 1 fully saturated rings. The normalized spacial score (nSPS) is 24.5. The van der Waals surface area contributed by atoms with Crippen LogP contribution in [0.2, 0.25) is 0 Å². The smallest absolute Gasteiger partial charge is 0.414 e. The van der Waals surface area contributed by atoms with Gasteiger partial charge in [-0.3, -0.25) is 0 Å². The predicted molar refractivity (Wildman–Crippen MR) is 96.9 cm³/mol. The molecule has 3 rings (SSSR count). The third-order valence-corrected chi connectivity index (χ3v) is 4.59. The molecule has 0 bridgehead atoms. The molecule has 0 spiro atoms. The van der Waals surface area contributed by atoms with Crippen molar-refractivity contribution < 1.29 is 33.2 Å². The quantitative estimate of drug-likeness (QED) is 0.451. The first kappa shape index (κ1) is 23.3. The molecule has 3 unspecified atom stereocenters. The molecular weight excluding hydrogens is 363 g/mol. The molecule has 8 heteroatoms. The van der Waals surface area contributed by atoms with Crippen LogP contribution in [-0.4, -0.2) is 54.3 Å². The van der Waals surface area contributed by atoms with Gasteiger partial charge in [0.25, 0.3) is 0 Å². The molecule has 1 aliphatic heterocycles. The fraction of sp³-hybridized carbons (Fsp3) is 0.579. The Morgan fingerprint density at radius 2 is 1.74 bits per heavy atom. The summed E-state index contributed by atoms with van der Waals surface area (Å²) in [7, 11) is 3.40. The van der Waals surface area contributed by atoms with Crippen LogP contribution in [0.15, 0.2) is 35.9 Å². The molecule has 0 aromatic heterocycles. The predicted octanol–water partition coefficient (Wildman–Crippen LogP) is 4.13. The third-order valence-electron chi connectivity index (χ3n) is 4.59. The van der Waals surface area contributed by atoms with E-state index in [2.05, 4.69) is 4.89 Å². The van der Waals surface area contributed by atoms with Gasteiger partial charge in [-0.1, -0.05) is 32.1 Å². The van der Waals surface area contributed by atoms with E-state index in [1.807, 2.05) is 25.8 Å². The van der Waals surface area contributed by atoms with Gasteiger partial charge in [0.05, 0.1) is 18.8 Å². The van der Waals surface area contributed by atoms with Gasteiger partial charge in [0.1, 0.15) is 0 Å². The highest BCUT2D eigenvalue weighted by molar-refractivity contribution is 5.38. The van der Waals surface area contributed by atoms with Crippen LogP contribution in [0, 0.1) is 5.92 Å². The van der Waals surface area contributed by atoms with E-state index in [1.165, 1.54) is 13.2 Å². The molecule has 3 atom stereocenters. The van der Waals surface area contributed by atoms with Crippen molar-refractivity contribution in [2.24, 2.45) is 5.92 Å². The Hall–Kier alpha value is -1.77. The summed E-state index contributed by atoms with van der Waals surface area (Å²) in [4.78, 5) is 6.04. The van der Waals surface area contributed by atoms with E-state index in [4.69, 9.17) is 9.99 Å². The highest BCUT2D eigenvalue weighted by Crippen LogP contribution is 2.40. The van der Waals surface area contributed by atoms with Crippen molar-refractivity contribution in [3.8, 4) is 11.5 Å². The number of aliphatic hydroxyl groups excluding tert-OH is 1. The monoisotopic (exact) mass is 391 g/mol. The lowest BCUT2D eigenvalue weighted by Crippen LogP contribution is -2.39. The molecule has 1 saturated heterocycles. The number of para-hydroxylation sites is 2. The van der Waals surface area contributed by atoms with E-state index >= 15 is 0 Å². The zero-order chi connectivity index (χ0) is 20.6. The second-order valence-corrected chi connectivity index (χ2v) is 6.11. The van der Waals surface area contributed by atoms with E-state index in [-0.39, 0.29) is 18.4 Å². The molecule has 154 valence electrons. The van der Waals surface area contributed by atoms with Crippen LogP contribution in [0.4, 0.5) is 13.2 Å². The minimum atomic E-state index is -4.38. The summed E-state index contributed by atoms with van der Waals surface area (Å²) in [6, 6.07) is 6.92. The molecule has 1 aromatic carbocycles. The fourth-order valence-corrected chi connectivity index (χ4v) is 3.26. The van der Waals surface area contributed by atoms with Crippen molar-refractivity contribution in [3.63, 3.8) is 0 Å². The second-order valence-electron chi connectivity index (χ2n) is 6.11. The van der Waals surface area contributed by atoms with Gasteiger partial charge in [0.15, 0.2) is 5.75 Å². The van der Waals surface area contributed by atoms with E-state index < -0.39 is 17.9 Å². The SMILES string of the molecule is CC.CN1CCC2C=C(C(F)(F)F)C(O)CC21.COc1ccccc1OO. The summed E-state index contributed by atoms with van der Waals surface area (Å²) in [6.45, 7) is 4.81. The number of likely N-dealkylation sites (tertiary alicyclic amines) is 1. The molecule has 5 nitrogen and oxygen atoms in total. The zero-order valence-electron chi connectivity index (χ0n) is 16.0. The van der Waals surface area contributed by atoms with Gasteiger partial charge in [-0.05, 0) is 44.5 Å². The lowest BCUT2D eigenvalue weighted by atomic mass is 9.84. The number of ether oxygens (including phenoxy) is 1. The maximum Gasteiger partial charge on any atom is 0.414 e. The lowest BCUT2D eigenvalue weighted by Gasteiger charge is -2.32. The molecule has 1 aromatic rings. The number of halogens is 3. The maximum atomic E-state index is 12.5. The minimum absolute atomic E-state index is 0.0463. The second kappa shape index (κ2) is 10.5. The summed E-state index contributed by atoms with van der Waals surface area (Å²) in [5.41, 5.74) is -0.751. The van der Waals surface area contributed by atoms with Crippen molar-refractivity contribution in [1.82, 2.24) is 4.90 Å². The number of fused-ring (bicyclic) bond motifs is 1. The molecule has 1 heterocycles. The van der Waals surface area contributed by atoms with Gasteiger partial charge in [-0.25, -0.2) is 5.26 Å². The average molecular weight is 391 g/mol. The Kier molecular flexibility index (Phi) is 9.08. The van der Waals surface area contributed by atoms with E-state index in [0.717, 1.165) is 13.0 Å². The maximum absolute atomic E-state index is 12.5. The van der Waals surface area contributed by atoms with Crippen LogP contribution in [0.25, 0.3) is 0 Å². The van der Waals surface area contributed by atoms with Gasteiger partial charge in [0, 0.05) is 6.04 Å². The van der Waals surface area contributed by atoms with Crippen molar-refractivity contribution in [3.05, 3.63) is 35.9 Å². The van der Waals surface area contributed by atoms with Crippen molar-refractivity contribution >= 4 is 0 Å². The Bertz CT molecular complexity index is 584. The summed E-state index contributed by atoms with van der Waals surface area (Å²) in [5, 5.41) is 17.7. The number of aliphatic hydroxyl groups is 1. The molecule has 0 saturated carbocycles. The van der Waals surface area contributed by atoms with Crippen molar-refractivity contribution in [2.45, 2.75) is 45.0 Å². The Balaban J connectivity index is 0.000000265. The van der Waals surface area contributed by atoms with E-state index in [1.54, 1.807) is 24.3 Å². The van der Waals surface area contributed by atoms with Crippen molar-refractivity contribution in [2.75, 3.05) is 20.7 Å². The lowest BCUT2D eigenvalue weighted by molar-refractivity contribution is -0.139. The summed E-state index contributed by atoms with van der Waals surface area (Å²) in [6.07, 6.45) is -3.56. The van der Waals surface area contributed by atoms with E-state index in [0.29, 0.717) is 11.5 Å². The summed E-state index contributed by atoms with van der Waals surface area (Å²) in [5.74, 6) is 0.796. The van der Waals surface area contributed by atoms with Gasteiger partial charge in [-0.15, -0.1) is 0 Å². The minimum Gasteiger partial charge on any atom is -0.493 e. The summed E-state index contributed by atoms with van der Waals surface area (Å²) < 4.78 is 42.4. The molecular formula is C19H28F3NO4. The van der Waals surface area contributed by atoms with E-state index in [9.17, 15) is 18.3 Å². The van der Waals surface area contributed by atoms with Crippen molar-refractivity contribution in [1.29, 1.82) is 0 Å². The molecule has 2 aliphatic rings. The number of hydrogen-bond acceptors (Lipinski definition) is 5. The van der Waals surface area contributed by atoms with Gasteiger partial charge < -0.3 is 19.6 Å². The zero-order valence-corrected chi connectivity index (χ0v) is 16.0. The summed E-state index contributed by atoms with van der Waals surface area (Å²) >= 11 is 0. The topological polar surface area (TPSA) is 62.2 Å². The largest absolute Gasteiger partial charge is 0.493 e. The molecule has 2 N–H and O–H groups in total. The standard InChI is InChI=1S/C10H14F3NO.C7H8O3.C2H6/c1-14-3-2-6-4-7(10(11,12)13)9(15)5-8(6)14;1-9-6-4-2-3-5-7(6)10-8;1-2/h4,6,8-9,15H,2-3,5H2,1H3;2-5,8H,1H3;1-2H3. The van der Waals surface area contributed by atoms with Crippen LogP contribution in [0.5, 0.6) is 11.5 Å². The average Bonchev–Trinajstić information content (AvgIpc) is 3.02. The fourth-order valence-electron chi connectivity index (χ4n) is 3.26. The Labute approximate surface area is 157 Å². The van der Waals surface area contributed by atoms with Crippen LogP contribution < -0.4 is 9.62 Å². The number of methoxy groups -OCH3 is 1. The molecule has 1 aliphatic carbocycles. The van der Waals surface area contributed by atoms with Gasteiger partial charge in [0.2, 0.25) is 5.75 Å². The van der Waals surface area contributed by atoms with Crippen LogP contribution >= 0.6 is 0 Å².